The number of hydrogen-bond donors (Lipinski definition) is 4. The van der Waals surface area contributed by atoms with Crippen molar-refractivity contribution < 1.29 is 19.2 Å². The minimum absolute atomic E-state index is 0.0413. The molecule has 0 spiro atoms. The molecule has 2 aromatic heterocycles. The maximum atomic E-state index is 12.7. The van der Waals surface area contributed by atoms with E-state index in [0.717, 1.165) is 19.4 Å². The molecule has 1 atom stereocenters. The molecule has 10 nitrogen and oxygen atoms in total. The lowest BCUT2D eigenvalue weighted by Gasteiger charge is -2.15. The van der Waals surface area contributed by atoms with Crippen LogP contribution in [0.3, 0.4) is 0 Å². The van der Waals surface area contributed by atoms with Crippen LogP contribution in [0.4, 0.5) is 11.5 Å². The number of carbonyl (C=O) groups excluding carboxylic acids is 2. The Balaban J connectivity index is 1.60. The molecule has 0 unspecified atom stereocenters. The Kier molecular flexibility index (Phi) is 7.04. The average molecular weight is 529 g/mol. The van der Waals surface area contributed by atoms with Crippen LogP contribution in [0.15, 0.2) is 65.3 Å². The summed E-state index contributed by atoms with van der Waals surface area (Å²) in [5.74, 6) is -1.03. The number of rotatable bonds is 6. The van der Waals surface area contributed by atoms with Gasteiger partial charge >= 0.3 is 0 Å². The number of amides is 2. The van der Waals surface area contributed by atoms with Gasteiger partial charge in [-0.1, -0.05) is 28.9 Å². The van der Waals surface area contributed by atoms with Crippen molar-refractivity contribution in [2.45, 2.75) is 18.9 Å². The van der Waals surface area contributed by atoms with Crippen LogP contribution in [0.5, 0.6) is 5.75 Å². The third-order valence-electron chi connectivity index (χ3n) is 6.08. The van der Waals surface area contributed by atoms with Crippen LogP contribution >= 0.6 is 11.6 Å². The van der Waals surface area contributed by atoms with Gasteiger partial charge < -0.3 is 25.6 Å². The van der Waals surface area contributed by atoms with Crippen molar-refractivity contribution in [3.8, 4) is 34.2 Å². The fourth-order valence-corrected chi connectivity index (χ4v) is 4.41. The SMILES string of the molecule is N#Cc1c(-c2cccc(NC(=O)[C@H]3CCCN3)c2)cc(-c2ccc(Cl)cc2O)nc1NC(=O)c1ccno1. The van der Waals surface area contributed by atoms with Crippen LogP contribution in [0.1, 0.15) is 29.0 Å². The molecule has 0 radical (unpaired) electrons. The highest BCUT2D eigenvalue weighted by Gasteiger charge is 2.23. The van der Waals surface area contributed by atoms with Gasteiger partial charge in [-0.15, -0.1) is 0 Å². The molecule has 4 aromatic rings. The van der Waals surface area contributed by atoms with Gasteiger partial charge in [0.15, 0.2) is 5.82 Å². The first kappa shape index (κ1) is 25.0. The second kappa shape index (κ2) is 10.7. The van der Waals surface area contributed by atoms with Crippen molar-refractivity contribution in [2.75, 3.05) is 17.2 Å². The first-order chi connectivity index (χ1) is 18.4. The highest BCUT2D eigenvalue weighted by atomic mass is 35.5. The number of halogens is 1. The normalized spacial score (nSPS) is 14.6. The lowest BCUT2D eigenvalue weighted by molar-refractivity contribution is -0.117. The summed E-state index contributed by atoms with van der Waals surface area (Å²) in [5, 5.41) is 33.2. The number of hydrogen-bond acceptors (Lipinski definition) is 8. The van der Waals surface area contributed by atoms with Gasteiger partial charge in [0.1, 0.15) is 17.4 Å². The molecule has 38 heavy (non-hydrogen) atoms. The number of anilines is 2. The highest BCUT2D eigenvalue weighted by Crippen LogP contribution is 2.37. The molecule has 190 valence electrons. The number of phenolic OH excluding ortho intramolecular Hbond substituents is 1. The Morgan fingerprint density at radius 3 is 2.71 bits per heavy atom. The van der Waals surface area contributed by atoms with Crippen molar-refractivity contribution >= 4 is 34.9 Å². The number of aromatic nitrogens is 2. The van der Waals surface area contributed by atoms with Crippen molar-refractivity contribution in [1.29, 1.82) is 5.26 Å². The van der Waals surface area contributed by atoms with E-state index >= 15 is 0 Å². The summed E-state index contributed by atoms with van der Waals surface area (Å²) < 4.78 is 4.93. The van der Waals surface area contributed by atoms with E-state index in [-0.39, 0.29) is 40.5 Å². The Bertz CT molecular complexity index is 1560. The van der Waals surface area contributed by atoms with Gasteiger partial charge in [-0.05, 0) is 61.3 Å². The predicted molar refractivity (Wildman–Crippen MR) is 141 cm³/mol. The van der Waals surface area contributed by atoms with Crippen molar-refractivity contribution in [3.63, 3.8) is 0 Å². The lowest BCUT2D eigenvalue weighted by atomic mass is 9.97. The van der Waals surface area contributed by atoms with E-state index in [1.54, 1.807) is 42.5 Å². The Morgan fingerprint density at radius 1 is 1.13 bits per heavy atom. The number of aromatic hydroxyl groups is 1. The van der Waals surface area contributed by atoms with Gasteiger partial charge in [-0.2, -0.15) is 5.26 Å². The molecule has 2 aromatic carbocycles. The van der Waals surface area contributed by atoms with Gasteiger partial charge in [0.2, 0.25) is 11.7 Å². The van der Waals surface area contributed by atoms with Crippen LogP contribution < -0.4 is 16.0 Å². The van der Waals surface area contributed by atoms with Crippen molar-refractivity contribution in [2.24, 2.45) is 0 Å². The highest BCUT2D eigenvalue weighted by molar-refractivity contribution is 6.30. The lowest BCUT2D eigenvalue weighted by Crippen LogP contribution is -2.35. The van der Waals surface area contributed by atoms with Crippen molar-refractivity contribution in [3.05, 3.63) is 77.1 Å². The van der Waals surface area contributed by atoms with Crippen molar-refractivity contribution in [1.82, 2.24) is 15.5 Å². The van der Waals surface area contributed by atoms with E-state index in [1.807, 2.05) is 0 Å². The van der Waals surface area contributed by atoms with Gasteiger partial charge in [0.25, 0.3) is 5.91 Å². The van der Waals surface area contributed by atoms with Crippen LogP contribution in [-0.2, 0) is 4.79 Å². The summed E-state index contributed by atoms with van der Waals surface area (Å²) in [6, 6.07) is 16.4. The molecular formula is C27H21ClN6O4. The van der Waals surface area contributed by atoms with Crippen LogP contribution in [0, 0.1) is 11.3 Å². The molecule has 2 amide bonds. The summed E-state index contributed by atoms with van der Waals surface area (Å²) >= 11 is 6.01. The largest absolute Gasteiger partial charge is 0.507 e. The molecule has 1 aliphatic rings. The van der Waals surface area contributed by atoms with Gasteiger partial charge in [0.05, 0.1) is 17.9 Å². The summed E-state index contributed by atoms with van der Waals surface area (Å²) in [5.41, 5.74) is 2.26. The number of pyridine rings is 1. The molecule has 3 heterocycles. The van der Waals surface area contributed by atoms with Gasteiger partial charge in [0, 0.05) is 27.9 Å². The minimum atomic E-state index is -0.653. The third-order valence-corrected chi connectivity index (χ3v) is 6.31. The molecule has 0 aliphatic carbocycles. The summed E-state index contributed by atoms with van der Waals surface area (Å²) in [4.78, 5) is 29.8. The number of nitrogens with zero attached hydrogens (tertiary/aromatic N) is 3. The number of benzene rings is 2. The van der Waals surface area contributed by atoms with Gasteiger partial charge in [-0.3, -0.25) is 9.59 Å². The minimum Gasteiger partial charge on any atom is -0.507 e. The number of nitrogens with one attached hydrogen (secondary N) is 3. The van der Waals surface area contributed by atoms with Gasteiger partial charge in [-0.25, -0.2) is 4.98 Å². The van der Waals surface area contributed by atoms with E-state index in [4.69, 9.17) is 16.1 Å². The van der Waals surface area contributed by atoms with Crippen LogP contribution in [0.2, 0.25) is 5.02 Å². The quantitative estimate of drug-likeness (QED) is 0.283. The zero-order valence-electron chi connectivity index (χ0n) is 19.9. The number of carbonyl (C=O) groups is 2. The zero-order chi connectivity index (χ0) is 26.6. The average Bonchev–Trinajstić information content (AvgIpc) is 3.64. The summed E-state index contributed by atoms with van der Waals surface area (Å²) in [6.07, 6.45) is 3.02. The second-order valence-corrected chi connectivity index (χ2v) is 9.04. The third kappa shape index (κ3) is 5.20. The van der Waals surface area contributed by atoms with E-state index in [0.29, 0.717) is 27.4 Å². The molecule has 11 heteroatoms. The summed E-state index contributed by atoms with van der Waals surface area (Å²) in [7, 11) is 0. The molecule has 5 rings (SSSR count). The first-order valence-electron chi connectivity index (χ1n) is 11.7. The fourth-order valence-electron chi connectivity index (χ4n) is 4.24. The van der Waals surface area contributed by atoms with Crippen LogP contribution in [-0.4, -0.2) is 39.6 Å². The molecule has 4 N–H and O–H groups in total. The molecular weight excluding hydrogens is 508 g/mol. The number of phenols is 1. The second-order valence-electron chi connectivity index (χ2n) is 8.60. The Hall–Kier alpha value is -4.72. The maximum absolute atomic E-state index is 12.7. The number of nitriles is 1. The van der Waals surface area contributed by atoms with E-state index in [1.165, 1.54) is 18.3 Å². The molecule has 0 bridgehead atoms. The van der Waals surface area contributed by atoms with E-state index in [9.17, 15) is 20.0 Å². The topological polar surface area (TPSA) is 153 Å². The fraction of sp³-hybridized carbons (Fsp3) is 0.148. The Morgan fingerprint density at radius 2 is 2.00 bits per heavy atom. The summed E-state index contributed by atoms with van der Waals surface area (Å²) in [6.45, 7) is 0.795. The maximum Gasteiger partial charge on any atom is 0.295 e. The molecule has 1 aliphatic heterocycles. The smallest absolute Gasteiger partial charge is 0.295 e. The predicted octanol–water partition coefficient (Wildman–Crippen LogP) is 4.58. The monoisotopic (exact) mass is 528 g/mol. The van der Waals surface area contributed by atoms with Crippen LogP contribution in [0.25, 0.3) is 22.4 Å². The standard InChI is InChI=1S/C27H21ClN6O4/c28-16-6-7-18(23(35)12-16)22-13-19(20(14-29)25(33-22)34-27(37)24-8-10-31-38-24)15-3-1-4-17(11-15)32-26(36)21-5-2-9-30-21/h1,3-4,6-8,10-13,21,30,35H,2,5,9H2,(H,32,36)(H,33,34,37)/t21-/m1/s1. The molecule has 1 fully saturated rings. The molecule has 0 saturated carbocycles. The first-order valence-corrected chi connectivity index (χ1v) is 12.1. The van der Waals surface area contributed by atoms with E-state index in [2.05, 4.69) is 32.2 Å². The molecule has 1 saturated heterocycles. The zero-order valence-corrected chi connectivity index (χ0v) is 20.6. The Labute approximate surface area is 222 Å². The van der Waals surface area contributed by atoms with E-state index < -0.39 is 5.91 Å².